The fraction of sp³-hybridized carbons (Fsp3) is 0.750. The maximum absolute atomic E-state index is 10.7. The highest BCUT2D eigenvalue weighted by molar-refractivity contribution is 5.73. The number of carbonyl (C=O) groups is 1. The van der Waals surface area contributed by atoms with Crippen LogP contribution in [0.3, 0.4) is 0 Å². The third kappa shape index (κ3) is 0.905. The molecule has 0 heterocycles. The van der Waals surface area contributed by atoms with Crippen molar-refractivity contribution < 1.29 is 4.79 Å². The van der Waals surface area contributed by atoms with Crippen LogP contribution < -0.4 is 0 Å². The molecule has 72 valence electrons. The quantitative estimate of drug-likeness (QED) is 0.469. The molecular weight excluding hydrogens is 160 g/mol. The van der Waals surface area contributed by atoms with Crippen LogP contribution in [-0.4, -0.2) is 6.29 Å². The molecule has 0 saturated heterocycles. The van der Waals surface area contributed by atoms with Crippen LogP contribution in [-0.2, 0) is 4.79 Å². The standard InChI is InChI=1S/C12H18O/c1-8(7-13)10-5-9-6-12(9,4)11(10,2)3/h7,9-10H,1,5-6H2,2-4H3. The van der Waals surface area contributed by atoms with Crippen LogP contribution in [0.1, 0.15) is 33.6 Å². The highest BCUT2D eigenvalue weighted by Gasteiger charge is 2.67. The predicted molar refractivity (Wildman–Crippen MR) is 53.3 cm³/mol. The van der Waals surface area contributed by atoms with Crippen LogP contribution >= 0.6 is 0 Å². The average molecular weight is 178 g/mol. The van der Waals surface area contributed by atoms with Gasteiger partial charge in [-0.05, 0) is 41.1 Å². The molecule has 0 aromatic carbocycles. The van der Waals surface area contributed by atoms with Crippen molar-refractivity contribution in [2.75, 3.05) is 0 Å². The van der Waals surface area contributed by atoms with E-state index >= 15 is 0 Å². The molecule has 1 heteroatoms. The summed E-state index contributed by atoms with van der Waals surface area (Å²) in [4.78, 5) is 10.7. The molecule has 2 saturated carbocycles. The van der Waals surface area contributed by atoms with Crippen molar-refractivity contribution in [2.24, 2.45) is 22.7 Å². The minimum atomic E-state index is 0.273. The van der Waals surface area contributed by atoms with E-state index in [-0.39, 0.29) is 5.41 Å². The zero-order valence-electron chi connectivity index (χ0n) is 8.76. The molecule has 0 radical (unpaired) electrons. The van der Waals surface area contributed by atoms with Crippen molar-refractivity contribution in [2.45, 2.75) is 33.6 Å². The minimum Gasteiger partial charge on any atom is -0.298 e. The molecule has 0 aromatic rings. The fourth-order valence-corrected chi connectivity index (χ4v) is 3.26. The Kier molecular flexibility index (Phi) is 1.56. The molecule has 3 atom stereocenters. The minimum absolute atomic E-state index is 0.273. The van der Waals surface area contributed by atoms with E-state index in [0.717, 1.165) is 17.8 Å². The summed E-state index contributed by atoms with van der Waals surface area (Å²) in [5, 5.41) is 0. The average Bonchev–Trinajstić information content (AvgIpc) is 2.68. The lowest BCUT2D eigenvalue weighted by Gasteiger charge is -2.35. The monoisotopic (exact) mass is 178 g/mol. The Bertz CT molecular complexity index is 277. The van der Waals surface area contributed by atoms with Crippen molar-refractivity contribution in [3.63, 3.8) is 0 Å². The summed E-state index contributed by atoms with van der Waals surface area (Å²) in [5.41, 5.74) is 1.57. The highest BCUT2D eigenvalue weighted by atomic mass is 16.1. The van der Waals surface area contributed by atoms with Gasteiger partial charge in [-0.25, -0.2) is 0 Å². The molecule has 0 aromatic heterocycles. The molecule has 2 rings (SSSR count). The molecule has 2 aliphatic rings. The first kappa shape index (κ1) is 8.98. The van der Waals surface area contributed by atoms with Crippen LogP contribution in [0.15, 0.2) is 12.2 Å². The zero-order valence-corrected chi connectivity index (χ0v) is 8.76. The molecule has 13 heavy (non-hydrogen) atoms. The topological polar surface area (TPSA) is 17.1 Å². The van der Waals surface area contributed by atoms with Gasteiger partial charge in [-0.1, -0.05) is 27.4 Å². The Hall–Kier alpha value is -0.590. The van der Waals surface area contributed by atoms with E-state index in [1.807, 2.05) is 0 Å². The van der Waals surface area contributed by atoms with Gasteiger partial charge < -0.3 is 0 Å². The molecule has 0 amide bonds. The van der Waals surface area contributed by atoms with Gasteiger partial charge in [-0.15, -0.1) is 0 Å². The number of allylic oxidation sites excluding steroid dienone is 1. The lowest BCUT2D eigenvalue weighted by atomic mass is 9.69. The third-order valence-corrected chi connectivity index (χ3v) is 4.87. The first-order chi connectivity index (χ1) is 5.93. The first-order valence-electron chi connectivity index (χ1n) is 5.07. The van der Waals surface area contributed by atoms with Crippen molar-refractivity contribution in [1.29, 1.82) is 0 Å². The smallest absolute Gasteiger partial charge is 0.145 e. The van der Waals surface area contributed by atoms with Crippen molar-refractivity contribution in [3.8, 4) is 0 Å². The van der Waals surface area contributed by atoms with E-state index in [1.165, 1.54) is 12.8 Å². The Balaban J connectivity index is 2.27. The zero-order chi connectivity index (χ0) is 9.85. The van der Waals surface area contributed by atoms with Crippen LogP contribution in [0.4, 0.5) is 0 Å². The second-order valence-corrected chi connectivity index (χ2v) is 5.52. The van der Waals surface area contributed by atoms with E-state index < -0.39 is 0 Å². The normalized spacial score (nSPS) is 45.5. The van der Waals surface area contributed by atoms with Gasteiger partial charge in [0.25, 0.3) is 0 Å². The fourth-order valence-electron chi connectivity index (χ4n) is 3.26. The van der Waals surface area contributed by atoms with E-state index in [9.17, 15) is 4.79 Å². The van der Waals surface area contributed by atoms with Crippen LogP contribution in [0, 0.1) is 22.7 Å². The molecule has 1 nitrogen and oxygen atoms in total. The van der Waals surface area contributed by atoms with Gasteiger partial charge in [0.1, 0.15) is 6.29 Å². The number of rotatable bonds is 2. The van der Waals surface area contributed by atoms with E-state index in [4.69, 9.17) is 0 Å². The van der Waals surface area contributed by atoms with E-state index in [0.29, 0.717) is 11.3 Å². The largest absolute Gasteiger partial charge is 0.298 e. The molecule has 3 unspecified atom stereocenters. The molecule has 0 spiro atoms. The SMILES string of the molecule is C=C(C=O)C1CC2CC2(C)C1(C)C. The van der Waals surface area contributed by atoms with Crippen LogP contribution in [0.5, 0.6) is 0 Å². The van der Waals surface area contributed by atoms with E-state index in [2.05, 4.69) is 27.4 Å². The van der Waals surface area contributed by atoms with Crippen LogP contribution in [0.25, 0.3) is 0 Å². The van der Waals surface area contributed by atoms with Crippen molar-refractivity contribution in [3.05, 3.63) is 12.2 Å². The summed E-state index contributed by atoms with van der Waals surface area (Å²) < 4.78 is 0. The second-order valence-electron chi connectivity index (χ2n) is 5.52. The molecule has 2 aliphatic carbocycles. The summed E-state index contributed by atoms with van der Waals surface area (Å²) >= 11 is 0. The summed E-state index contributed by atoms with van der Waals surface area (Å²) in [7, 11) is 0. The summed E-state index contributed by atoms with van der Waals surface area (Å²) in [6, 6.07) is 0. The number of hydrogen-bond acceptors (Lipinski definition) is 1. The van der Waals surface area contributed by atoms with Crippen LogP contribution in [0.2, 0.25) is 0 Å². The van der Waals surface area contributed by atoms with Gasteiger partial charge in [-0.2, -0.15) is 0 Å². The third-order valence-electron chi connectivity index (χ3n) is 4.87. The Labute approximate surface area is 80.2 Å². The predicted octanol–water partition coefficient (Wildman–Crippen LogP) is 2.81. The Morgan fingerprint density at radius 1 is 1.46 bits per heavy atom. The maximum Gasteiger partial charge on any atom is 0.145 e. The number of carbonyl (C=O) groups excluding carboxylic acids is 1. The maximum atomic E-state index is 10.7. The summed E-state index contributed by atoms with van der Waals surface area (Å²) in [6.45, 7) is 10.8. The van der Waals surface area contributed by atoms with Gasteiger partial charge >= 0.3 is 0 Å². The Morgan fingerprint density at radius 3 is 2.46 bits per heavy atom. The lowest BCUT2D eigenvalue weighted by Crippen LogP contribution is -2.29. The van der Waals surface area contributed by atoms with Gasteiger partial charge in [0.15, 0.2) is 0 Å². The second kappa shape index (κ2) is 2.26. The van der Waals surface area contributed by atoms with Gasteiger partial charge in [-0.3, -0.25) is 4.79 Å². The van der Waals surface area contributed by atoms with E-state index in [1.54, 1.807) is 0 Å². The lowest BCUT2D eigenvalue weighted by molar-refractivity contribution is -0.105. The van der Waals surface area contributed by atoms with Crippen molar-refractivity contribution >= 4 is 6.29 Å². The number of fused-ring (bicyclic) bond motifs is 1. The summed E-state index contributed by atoms with van der Waals surface area (Å²) in [5.74, 6) is 1.28. The van der Waals surface area contributed by atoms with Gasteiger partial charge in [0.05, 0.1) is 0 Å². The molecule has 0 aliphatic heterocycles. The molecule has 0 N–H and O–H groups in total. The highest BCUT2D eigenvalue weighted by Crippen LogP contribution is 2.74. The Morgan fingerprint density at radius 2 is 2.08 bits per heavy atom. The molecule has 2 fully saturated rings. The summed E-state index contributed by atoms with van der Waals surface area (Å²) in [6.07, 6.45) is 3.48. The molecule has 0 bridgehead atoms. The van der Waals surface area contributed by atoms with Gasteiger partial charge in [0.2, 0.25) is 0 Å². The van der Waals surface area contributed by atoms with Gasteiger partial charge in [0, 0.05) is 0 Å². The first-order valence-corrected chi connectivity index (χ1v) is 5.07. The molecular formula is C12H18O. The van der Waals surface area contributed by atoms with Crippen molar-refractivity contribution in [1.82, 2.24) is 0 Å². The number of aldehydes is 1. The number of hydrogen-bond donors (Lipinski definition) is 0.